The van der Waals surface area contributed by atoms with Crippen LogP contribution in [0.1, 0.15) is 58.8 Å². The van der Waals surface area contributed by atoms with Crippen molar-refractivity contribution >= 4 is 17.5 Å². The van der Waals surface area contributed by atoms with Gasteiger partial charge in [-0.2, -0.15) is 0 Å². The van der Waals surface area contributed by atoms with Crippen LogP contribution in [-0.4, -0.2) is 38.2 Å². The molecule has 0 spiro atoms. The summed E-state index contributed by atoms with van der Waals surface area (Å²) in [5.74, 6) is 1.31. The first-order chi connectivity index (χ1) is 18.4. The Morgan fingerprint density at radius 3 is 2.29 bits per heavy atom. The minimum atomic E-state index is -0.885. The van der Waals surface area contributed by atoms with Gasteiger partial charge < -0.3 is 19.5 Å². The number of ether oxygens (including phenoxy) is 3. The van der Waals surface area contributed by atoms with E-state index in [0.717, 1.165) is 36.8 Å². The number of anilines is 1. The molecule has 7 heteroatoms. The molecule has 1 heterocycles. The summed E-state index contributed by atoms with van der Waals surface area (Å²) in [6.07, 6.45) is 4.08. The van der Waals surface area contributed by atoms with Crippen LogP contribution in [0, 0.1) is 13.8 Å². The Labute approximate surface area is 223 Å². The van der Waals surface area contributed by atoms with Crippen molar-refractivity contribution in [3.05, 3.63) is 82.9 Å². The summed E-state index contributed by atoms with van der Waals surface area (Å²) in [6.45, 7) is 4.92. The van der Waals surface area contributed by atoms with Crippen LogP contribution in [0.3, 0.4) is 0 Å². The third-order valence-electron chi connectivity index (χ3n) is 7.42. The number of carbonyl (C=O) groups excluding carboxylic acids is 2. The predicted molar refractivity (Wildman–Crippen MR) is 146 cm³/mol. The van der Waals surface area contributed by atoms with Crippen LogP contribution in [0.4, 0.5) is 5.69 Å². The van der Waals surface area contributed by atoms with E-state index in [1.807, 2.05) is 56.3 Å². The lowest BCUT2D eigenvalue weighted by molar-refractivity contribution is -0.123. The molecule has 0 aromatic heterocycles. The standard InChI is InChI=1S/C31H34N2O5/c1-20-8-12-25(18-21(20)2)33(31(35)23-11-15-27-28(19-23)38-17-16-37-27)29(22-9-13-26(36-3)14-10-22)30(34)32-24-6-4-5-7-24/h8-15,18-19,24,29H,4-7,16-17H2,1-3H3,(H,32,34). The molecule has 3 aromatic rings. The van der Waals surface area contributed by atoms with E-state index in [-0.39, 0.29) is 17.9 Å². The van der Waals surface area contributed by atoms with Gasteiger partial charge in [-0.25, -0.2) is 0 Å². The summed E-state index contributed by atoms with van der Waals surface area (Å²) >= 11 is 0. The van der Waals surface area contributed by atoms with E-state index in [1.165, 1.54) is 0 Å². The zero-order valence-corrected chi connectivity index (χ0v) is 22.2. The van der Waals surface area contributed by atoms with Gasteiger partial charge in [0, 0.05) is 17.3 Å². The lowest BCUT2D eigenvalue weighted by Gasteiger charge is -2.33. The predicted octanol–water partition coefficient (Wildman–Crippen LogP) is 5.53. The highest BCUT2D eigenvalue weighted by molar-refractivity contribution is 6.10. The summed E-state index contributed by atoms with van der Waals surface area (Å²) in [4.78, 5) is 29.9. The molecule has 5 rings (SSSR count). The second-order valence-corrected chi connectivity index (χ2v) is 9.97. The number of nitrogens with zero attached hydrogens (tertiary/aromatic N) is 1. The number of methoxy groups -OCH3 is 1. The van der Waals surface area contributed by atoms with Gasteiger partial charge in [-0.1, -0.05) is 31.0 Å². The topological polar surface area (TPSA) is 77.1 Å². The van der Waals surface area contributed by atoms with Crippen LogP contribution < -0.4 is 24.4 Å². The van der Waals surface area contributed by atoms with Crippen molar-refractivity contribution in [2.24, 2.45) is 0 Å². The fraction of sp³-hybridized carbons (Fsp3) is 0.355. The molecule has 1 unspecified atom stereocenters. The summed E-state index contributed by atoms with van der Waals surface area (Å²) in [5, 5.41) is 3.23. The highest BCUT2D eigenvalue weighted by atomic mass is 16.6. The van der Waals surface area contributed by atoms with E-state index < -0.39 is 6.04 Å². The van der Waals surface area contributed by atoms with E-state index in [2.05, 4.69) is 5.32 Å². The number of carbonyl (C=O) groups is 2. The minimum Gasteiger partial charge on any atom is -0.497 e. The highest BCUT2D eigenvalue weighted by Crippen LogP contribution is 2.35. The van der Waals surface area contributed by atoms with Gasteiger partial charge in [-0.05, 0) is 85.8 Å². The van der Waals surface area contributed by atoms with Crippen LogP contribution in [0.15, 0.2) is 60.7 Å². The monoisotopic (exact) mass is 514 g/mol. The van der Waals surface area contributed by atoms with Crippen LogP contribution in [0.25, 0.3) is 0 Å². The molecule has 1 aliphatic heterocycles. The van der Waals surface area contributed by atoms with E-state index >= 15 is 0 Å². The molecule has 3 aromatic carbocycles. The van der Waals surface area contributed by atoms with Crippen molar-refractivity contribution in [2.45, 2.75) is 51.6 Å². The molecule has 1 atom stereocenters. The van der Waals surface area contributed by atoms with Gasteiger partial charge in [-0.15, -0.1) is 0 Å². The molecule has 0 saturated heterocycles. The molecule has 38 heavy (non-hydrogen) atoms. The van der Waals surface area contributed by atoms with Gasteiger partial charge in [-0.3, -0.25) is 14.5 Å². The minimum absolute atomic E-state index is 0.106. The molecular weight excluding hydrogens is 480 g/mol. The highest BCUT2D eigenvalue weighted by Gasteiger charge is 2.35. The smallest absolute Gasteiger partial charge is 0.259 e. The molecule has 1 fully saturated rings. The van der Waals surface area contributed by atoms with Crippen LogP contribution >= 0.6 is 0 Å². The quantitative estimate of drug-likeness (QED) is 0.449. The Kier molecular flexibility index (Phi) is 7.54. The zero-order chi connectivity index (χ0) is 26.6. The van der Waals surface area contributed by atoms with Crippen molar-refractivity contribution < 1.29 is 23.8 Å². The number of aryl methyl sites for hydroxylation is 2. The summed E-state index contributed by atoms with van der Waals surface area (Å²) in [6, 6.07) is 17.6. The van der Waals surface area contributed by atoms with E-state index in [0.29, 0.717) is 47.3 Å². The second kappa shape index (κ2) is 11.2. The summed E-state index contributed by atoms with van der Waals surface area (Å²) < 4.78 is 16.8. The Morgan fingerprint density at radius 1 is 0.895 bits per heavy atom. The fourth-order valence-electron chi connectivity index (χ4n) is 5.13. The average Bonchev–Trinajstić information content (AvgIpc) is 3.45. The molecule has 0 bridgehead atoms. The van der Waals surface area contributed by atoms with E-state index in [4.69, 9.17) is 14.2 Å². The molecule has 1 saturated carbocycles. The lowest BCUT2D eigenvalue weighted by atomic mass is 9.99. The number of amides is 2. The fourth-order valence-corrected chi connectivity index (χ4v) is 5.13. The molecular formula is C31H34N2O5. The van der Waals surface area contributed by atoms with Gasteiger partial charge in [0.15, 0.2) is 11.5 Å². The van der Waals surface area contributed by atoms with Crippen LogP contribution in [-0.2, 0) is 4.79 Å². The van der Waals surface area contributed by atoms with Gasteiger partial charge in [0.05, 0.1) is 7.11 Å². The number of benzene rings is 3. The normalized spacial score (nSPS) is 15.6. The van der Waals surface area contributed by atoms with Crippen molar-refractivity contribution in [2.75, 3.05) is 25.2 Å². The van der Waals surface area contributed by atoms with Crippen LogP contribution in [0.2, 0.25) is 0 Å². The second-order valence-electron chi connectivity index (χ2n) is 9.97. The Hall–Kier alpha value is -4.00. The lowest BCUT2D eigenvalue weighted by Crippen LogP contribution is -2.46. The maximum Gasteiger partial charge on any atom is 0.259 e. The Morgan fingerprint density at radius 2 is 1.61 bits per heavy atom. The number of nitrogens with one attached hydrogen (secondary N) is 1. The van der Waals surface area contributed by atoms with E-state index in [1.54, 1.807) is 30.2 Å². The van der Waals surface area contributed by atoms with Crippen molar-refractivity contribution in [3.8, 4) is 17.2 Å². The molecule has 2 amide bonds. The van der Waals surface area contributed by atoms with Gasteiger partial charge in [0.1, 0.15) is 25.0 Å². The molecule has 2 aliphatic rings. The van der Waals surface area contributed by atoms with Crippen molar-refractivity contribution in [1.29, 1.82) is 0 Å². The largest absolute Gasteiger partial charge is 0.497 e. The zero-order valence-electron chi connectivity index (χ0n) is 22.2. The molecule has 1 aliphatic carbocycles. The molecule has 1 N–H and O–H groups in total. The first-order valence-corrected chi connectivity index (χ1v) is 13.2. The maximum atomic E-state index is 14.3. The van der Waals surface area contributed by atoms with Gasteiger partial charge in [0.2, 0.25) is 5.91 Å². The third kappa shape index (κ3) is 5.32. The first-order valence-electron chi connectivity index (χ1n) is 13.2. The number of hydrogen-bond donors (Lipinski definition) is 1. The number of hydrogen-bond acceptors (Lipinski definition) is 5. The maximum absolute atomic E-state index is 14.3. The molecule has 198 valence electrons. The SMILES string of the molecule is COc1ccc(C(C(=O)NC2CCCC2)N(C(=O)c2ccc3c(c2)OCCO3)c2ccc(C)c(C)c2)cc1. The average molecular weight is 515 g/mol. The summed E-state index contributed by atoms with van der Waals surface area (Å²) in [7, 11) is 1.60. The molecule has 7 nitrogen and oxygen atoms in total. The van der Waals surface area contributed by atoms with Crippen LogP contribution in [0.5, 0.6) is 17.2 Å². The van der Waals surface area contributed by atoms with Gasteiger partial charge >= 0.3 is 0 Å². The Bertz CT molecular complexity index is 1310. The van der Waals surface area contributed by atoms with Crippen molar-refractivity contribution in [3.63, 3.8) is 0 Å². The number of fused-ring (bicyclic) bond motifs is 1. The first kappa shape index (κ1) is 25.6. The molecule has 0 radical (unpaired) electrons. The summed E-state index contributed by atoms with van der Waals surface area (Å²) in [5.41, 5.74) is 3.91. The Balaban J connectivity index is 1.62. The van der Waals surface area contributed by atoms with E-state index in [9.17, 15) is 9.59 Å². The van der Waals surface area contributed by atoms with Gasteiger partial charge in [0.25, 0.3) is 5.91 Å². The third-order valence-corrected chi connectivity index (χ3v) is 7.42. The number of rotatable bonds is 7. The van der Waals surface area contributed by atoms with Crippen molar-refractivity contribution in [1.82, 2.24) is 5.32 Å².